The molecule has 1 aromatic carbocycles. The second-order valence-electron chi connectivity index (χ2n) is 5.96. The molecule has 0 radical (unpaired) electrons. The maximum Gasteiger partial charge on any atom is 0.192 e. The minimum atomic E-state index is 0.473. The van der Waals surface area contributed by atoms with Gasteiger partial charge in [-0.25, -0.2) is 9.98 Å². The summed E-state index contributed by atoms with van der Waals surface area (Å²) in [6, 6.07) is 9.93. The highest BCUT2D eigenvalue weighted by atomic mass is 35.5. The third-order valence-electron chi connectivity index (χ3n) is 4.25. The number of benzene rings is 1. The lowest BCUT2D eigenvalue weighted by Crippen LogP contribution is -2.37. The van der Waals surface area contributed by atoms with E-state index in [1.807, 2.05) is 49.9 Å². The SMILES string of the molecule is CCNC(=NCc1cc(Cl)c(Cl)n1C)NCc1nc2ccccc2n1C. The number of fused-ring (bicyclic) bond motifs is 1. The second-order valence-corrected chi connectivity index (χ2v) is 6.72. The van der Waals surface area contributed by atoms with Gasteiger partial charge in [-0.1, -0.05) is 35.3 Å². The first-order valence-electron chi connectivity index (χ1n) is 8.43. The minimum Gasteiger partial charge on any atom is -0.357 e. The van der Waals surface area contributed by atoms with Gasteiger partial charge in [0.05, 0.1) is 29.1 Å². The smallest absolute Gasteiger partial charge is 0.192 e. The van der Waals surface area contributed by atoms with Crippen molar-refractivity contribution >= 4 is 40.2 Å². The van der Waals surface area contributed by atoms with E-state index in [-0.39, 0.29) is 0 Å². The molecule has 0 bridgehead atoms. The number of aryl methyl sites for hydroxylation is 1. The van der Waals surface area contributed by atoms with Crippen molar-refractivity contribution in [3.63, 3.8) is 0 Å². The predicted octanol–water partition coefficient (Wildman–Crippen LogP) is 3.47. The van der Waals surface area contributed by atoms with E-state index in [0.29, 0.717) is 29.2 Å². The number of imidazole rings is 1. The van der Waals surface area contributed by atoms with Crippen molar-refractivity contribution in [1.82, 2.24) is 24.8 Å². The fourth-order valence-corrected chi connectivity index (χ4v) is 3.17. The molecule has 0 atom stereocenters. The first-order chi connectivity index (χ1) is 12.5. The minimum absolute atomic E-state index is 0.473. The molecule has 2 aromatic heterocycles. The van der Waals surface area contributed by atoms with Gasteiger partial charge in [-0.3, -0.25) is 0 Å². The Kier molecular flexibility index (Phi) is 5.74. The van der Waals surface area contributed by atoms with E-state index in [9.17, 15) is 0 Å². The first kappa shape index (κ1) is 18.6. The third-order valence-corrected chi connectivity index (χ3v) is 5.09. The number of guanidine groups is 1. The summed E-state index contributed by atoms with van der Waals surface area (Å²) in [5, 5.41) is 7.64. The molecule has 0 saturated carbocycles. The maximum atomic E-state index is 6.11. The highest BCUT2D eigenvalue weighted by Gasteiger charge is 2.10. The van der Waals surface area contributed by atoms with Crippen LogP contribution in [0.5, 0.6) is 0 Å². The van der Waals surface area contributed by atoms with Crippen LogP contribution in [0.1, 0.15) is 18.4 Å². The average Bonchev–Trinajstić information content (AvgIpc) is 3.09. The molecule has 26 heavy (non-hydrogen) atoms. The molecule has 138 valence electrons. The van der Waals surface area contributed by atoms with Crippen molar-refractivity contribution in [3.8, 4) is 0 Å². The number of hydrogen-bond donors (Lipinski definition) is 2. The van der Waals surface area contributed by atoms with E-state index in [1.165, 1.54) is 0 Å². The lowest BCUT2D eigenvalue weighted by Gasteiger charge is -2.11. The molecule has 2 heterocycles. The summed E-state index contributed by atoms with van der Waals surface area (Å²) in [6.07, 6.45) is 0. The number of halogens is 2. The molecular formula is C18H22Cl2N6. The average molecular weight is 393 g/mol. The fourth-order valence-electron chi connectivity index (χ4n) is 2.76. The molecule has 6 nitrogen and oxygen atoms in total. The topological polar surface area (TPSA) is 59.2 Å². The van der Waals surface area contributed by atoms with Gasteiger partial charge in [0.1, 0.15) is 11.0 Å². The molecule has 0 fully saturated rings. The normalized spacial score (nSPS) is 12.0. The van der Waals surface area contributed by atoms with Crippen molar-refractivity contribution in [1.29, 1.82) is 0 Å². The summed E-state index contributed by atoms with van der Waals surface area (Å²) in [6.45, 7) is 3.85. The van der Waals surface area contributed by atoms with Gasteiger partial charge in [-0.2, -0.15) is 0 Å². The second kappa shape index (κ2) is 8.01. The zero-order valence-electron chi connectivity index (χ0n) is 15.1. The molecular weight excluding hydrogens is 371 g/mol. The molecule has 0 amide bonds. The van der Waals surface area contributed by atoms with E-state index < -0.39 is 0 Å². The summed E-state index contributed by atoms with van der Waals surface area (Å²) in [5.41, 5.74) is 3.04. The van der Waals surface area contributed by atoms with E-state index in [0.717, 1.165) is 29.1 Å². The summed E-state index contributed by atoms with van der Waals surface area (Å²) in [4.78, 5) is 9.29. The largest absolute Gasteiger partial charge is 0.357 e. The van der Waals surface area contributed by atoms with E-state index in [4.69, 9.17) is 23.2 Å². The Morgan fingerprint density at radius 1 is 1.15 bits per heavy atom. The quantitative estimate of drug-likeness (QED) is 0.516. The molecule has 0 spiro atoms. The van der Waals surface area contributed by atoms with Crippen molar-refractivity contribution in [3.05, 3.63) is 52.0 Å². The van der Waals surface area contributed by atoms with Crippen LogP contribution in [0.3, 0.4) is 0 Å². The monoisotopic (exact) mass is 392 g/mol. The van der Waals surface area contributed by atoms with Crippen LogP contribution in [0.4, 0.5) is 0 Å². The number of hydrogen-bond acceptors (Lipinski definition) is 2. The number of para-hydroxylation sites is 2. The molecule has 2 N–H and O–H groups in total. The number of aromatic nitrogens is 3. The van der Waals surface area contributed by atoms with Crippen molar-refractivity contribution < 1.29 is 0 Å². The fraction of sp³-hybridized carbons (Fsp3) is 0.333. The van der Waals surface area contributed by atoms with Gasteiger partial charge >= 0.3 is 0 Å². The standard InChI is InChI=1S/C18H22Cl2N6/c1-4-21-18(22-10-12-9-13(19)17(20)25(12)2)23-11-16-24-14-7-5-6-8-15(14)26(16)3/h5-9H,4,10-11H2,1-3H3,(H2,21,22,23). The Morgan fingerprint density at radius 3 is 2.58 bits per heavy atom. The third kappa shape index (κ3) is 3.81. The van der Waals surface area contributed by atoms with Crippen molar-refractivity contribution in [2.24, 2.45) is 19.1 Å². The lowest BCUT2D eigenvalue weighted by molar-refractivity contribution is 0.733. The van der Waals surface area contributed by atoms with Crippen LogP contribution >= 0.6 is 23.2 Å². The zero-order valence-corrected chi connectivity index (χ0v) is 16.6. The Bertz CT molecular complexity index is 941. The van der Waals surface area contributed by atoms with E-state index >= 15 is 0 Å². The lowest BCUT2D eigenvalue weighted by atomic mass is 10.3. The van der Waals surface area contributed by atoms with Crippen molar-refractivity contribution in [2.45, 2.75) is 20.0 Å². The Morgan fingerprint density at radius 2 is 1.92 bits per heavy atom. The molecule has 3 rings (SSSR count). The maximum absolute atomic E-state index is 6.11. The highest BCUT2D eigenvalue weighted by Crippen LogP contribution is 2.25. The van der Waals surface area contributed by atoms with Gasteiger partial charge < -0.3 is 19.8 Å². The molecule has 0 aliphatic rings. The van der Waals surface area contributed by atoms with Gasteiger partial charge in [0.25, 0.3) is 0 Å². The Hall–Kier alpha value is -2.18. The van der Waals surface area contributed by atoms with Crippen LogP contribution in [0.15, 0.2) is 35.3 Å². The van der Waals surface area contributed by atoms with Gasteiger partial charge in [-0.15, -0.1) is 0 Å². The summed E-state index contributed by atoms with van der Waals surface area (Å²) in [5.74, 6) is 1.66. The molecule has 0 aliphatic carbocycles. The zero-order chi connectivity index (χ0) is 18.7. The van der Waals surface area contributed by atoms with Gasteiger partial charge in [-0.05, 0) is 25.1 Å². The van der Waals surface area contributed by atoms with Gasteiger partial charge in [0.2, 0.25) is 0 Å². The van der Waals surface area contributed by atoms with Crippen LogP contribution in [0.25, 0.3) is 11.0 Å². The molecule has 8 heteroatoms. The predicted molar refractivity (Wildman–Crippen MR) is 108 cm³/mol. The molecule has 0 unspecified atom stereocenters. The Balaban J connectivity index is 1.73. The van der Waals surface area contributed by atoms with E-state index in [1.54, 1.807) is 0 Å². The van der Waals surface area contributed by atoms with Crippen LogP contribution in [-0.4, -0.2) is 26.6 Å². The summed E-state index contributed by atoms with van der Waals surface area (Å²) in [7, 11) is 3.89. The van der Waals surface area contributed by atoms with Crippen LogP contribution in [0.2, 0.25) is 10.2 Å². The van der Waals surface area contributed by atoms with Crippen molar-refractivity contribution in [2.75, 3.05) is 6.54 Å². The highest BCUT2D eigenvalue weighted by molar-refractivity contribution is 6.41. The first-order valence-corrected chi connectivity index (χ1v) is 9.19. The van der Waals surface area contributed by atoms with Crippen LogP contribution < -0.4 is 10.6 Å². The number of nitrogens with one attached hydrogen (secondary N) is 2. The summed E-state index contributed by atoms with van der Waals surface area (Å²) >= 11 is 12.2. The molecule has 3 aromatic rings. The molecule has 0 saturated heterocycles. The Labute approximate surface area is 162 Å². The summed E-state index contributed by atoms with van der Waals surface area (Å²) < 4.78 is 3.92. The van der Waals surface area contributed by atoms with Crippen LogP contribution in [-0.2, 0) is 27.2 Å². The number of rotatable bonds is 5. The van der Waals surface area contributed by atoms with Gasteiger partial charge in [0, 0.05) is 26.3 Å². The van der Waals surface area contributed by atoms with E-state index in [2.05, 4.69) is 31.2 Å². The van der Waals surface area contributed by atoms with Crippen LogP contribution in [0, 0.1) is 0 Å². The number of aliphatic imine (C=N–C) groups is 1. The molecule has 0 aliphatic heterocycles. The van der Waals surface area contributed by atoms with Gasteiger partial charge in [0.15, 0.2) is 5.96 Å². The number of nitrogens with zero attached hydrogens (tertiary/aromatic N) is 4.